The number of hydrogen-bond acceptors (Lipinski definition) is 6. The predicted octanol–water partition coefficient (Wildman–Crippen LogP) is 2.41. The molecule has 1 aromatic heterocycles. The number of nitrogens with zero attached hydrogens (tertiary/aromatic N) is 3. The van der Waals surface area contributed by atoms with Crippen molar-refractivity contribution in [2.45, 2.75) is 65.2 Å². The lowest BCUT2D eigenvalue weighted by molar-refractivity contribution is -0.139. The van der Waals surface area contributed by atoms with Crippen molar-refractivity contribution >= 4 is 40.1 Å². The highest BCUT2D eigenvalue weighted by molar-refractivity contribution is 7.13. The van der Waals surface area contributed by atoms with Gasteiger partial charge >= 0.3 is 0 Å². The zero-order valence-corrected chi connectivity index (χ0v) is 21.1. The Hall–Kier alpha value is -2.49. The number of carbonyl (C=O) groups excluding carboxylic acids is 4. The van der Waals surface area contributed by atoms with E-state index in [1.54, 1.807) is 15.2 Å². The standard InChI is InChI=1S/C24H37N5O4S/c1-16(2)13-29(23(33)18-6-4-3-5-7-18)14-20(30)27-24-26-19(15-34-24)12-21(31)28-10-8-17(9-11-28)22(25)32/h15-18H,3-14H2,1-2H3,(H2,25,32)(H,26,27,30). The summed E-state index contributed by atoms with van der Waals surface area (Å²) in [6.45, 7) is 5.67. The number of thiazole rings is 1. The van der Waals surface area contributed by atoms with Gasteiger partial charge < -0.3 is 20.9 Å². The van der Waals surface area contributed by atoms with Gasteiger partial charge in [-0.05, 0) is 31.6 Å². The first-order chi connectivity index (χ1) is 16.2. The molecule has 0 spiro atoms. The molecule has 0 aromatic carbocycles. The van der Waals surface area contributed by atoms with E-state index < -0.39 is 0 Å². The quantitative estimate of drug-likeness (QED) is 0.549. The molecule has 1 saturated carbocycles. The van der Waals surface area contributed by atoms with Crippen LogP contribution in [0.1, 0.15) is 64.5 Å². The molecular formula is C24H37N5O4S. The van der Waals surface area contributed by atoms with Crippen LogP contribution in [0.3, 0.4) is 0 Å². The molecule has 10 heteroatoms. The van der Waals surface area contributed by atoms with E-state index in [0.717, 1.165) is 25.7 Å². The summed E-state index contributed by atoms with van der Waals surface area (Å²) in [6, 6.07) is 0. The van der Waals surface area contributed by atoms with E-state index in [4.69, 9.17) is 5.73 Å². The molecule has 1 aliphatic heterocycles. The van der Waals surface area contributed by atoms with Gasteiger partial charge in [-0.1, -0.05) is 33.1 Å². The molecule has 9 nitrogen and oxygen atoms in total. The minimum atomic E-state index is -0.306. The molecule has 1 saturated heterocycles. The number of nitrogens with one attached hydrogen (secondary N) is 1. The summed E-state index contributed by atoms with van der Waals surface area (Å²) in [7, 11) is 0. The van der Waals surface area contributed by atoms with Gasteiger partial charge in [-0.25, -0.2) is 4.98 Å². The van der Waals surface area contributed by atoms with Crippen LogP contribution in [-0.4, -0.2) is 64.6 Å². The normalized spacial score (nSPS) is 17.6. The zero-order chi connectivity index (χ0) is 24.7. The second-order valence-corrected chi connectivity index (χ2v) is 10.7. The topological polar surface area (TPSA) is 126 Å². The number of anilines is 1. The largest absolute Gasteiger partial charge is 0.369 e. The Kier molecular flexibility index (Phi) is 9.44. The zero-order valence-electron chi connectivity index (χ0n) is 20.3. The second kappa shape index (κ2) is 12.3. The first-order valence-electron chi connectivity index (χ1n) is 12.3. The van der Waals surface area contributed by atoms with Crippen LogP contribution in [0, 0.1) is 17.8 Å². The maximum absolute atomic E-state index is 13.0. The summed E-state index contributed by atoms with van der Waals surface area (Å²) >= 11 is 1.27. The fourth-order valence-corrected chi connectivity index (χ4v) is 5.47. The first-order valence-corrected chi connectivity index (χ1v) is 13.2. The molecule has 0 bridgehead atoms. The molecular weight excluding hydrogens is 454 g/mol. The van der Waals surface area contributed by atoms with E-state index in [-0.39, 0.29) is 54.3 Å². The minimum absolute atomic E-state index is 0.0101. The van der Waals surface area contributed by atoms with Crippen LogP contribution in [0.2, 0.25) is 0 Å². The molecule has 34 heavy (non-hydrogen) atoms. The lowest BCUT2D eigenvalue weighted by atomic mass is 9.88. The third kappa shape index (κ3) is 7.51. The Labute approximate surface area is 205 Å². The molecule has 2 aliphatic rings. The van der Waals surface area contributed by atoms with Gasteiger partial charge in [0.25, 0.3) is 0 Å². The van der Waals surface area contributed by atoms with Gasteiger partial charge in [0.2, 0.25) is 23.6 Å². The average molecular weight is 492 g/mol. The van der Waals surface area contributed by atoms with Gasteiger partial charge in [0.05, 0.1) is 18.7 Å². The predicted molar refractivity (Wildman–Crippen MR) is 131 cm³/mol. The van der Waals surface area contributed by atoms with Crippen molar-refractivity contribution in [1.82, 2.24) is 14.8 Å². The van der Waals surface area contributed by atoms with E-state index in [1.165, 1.54) is 17.8 Å². The van der Waals surface area contributed by atoms with Crippen LogP contribution in [0.5, 0.6) is 0 Å². The van der Waals surface area contributed by atoms with Gasteiger partial charge in [0.1, 0.15) is 0 Å². The van der Waals surface area contributed by atoms with E-state index in [0.29, 0.717) is 43.3 Å². The molecule has 3 rings (SSSR count). The number of amides is 4. The maximum Gasteiger partial charge on any atom is 0.245 e. The SMILES string of the molecule is CC(C)CN(CC(=O)Nc1nc(CC(=O)N2CCC(C(N)=O)CC2)cs1)C(=O)C1CCCCC1. The number of hydrogen-bond donors (Lipinski definition) is 2. The smallest absolute Gasteiger partial charge is 0.245 e. The summed E-state index contributed by atoms with van der Waals surface area (Å²) in [5.41, 5.74) is 5.95. The fourth-order valence-electron chi connectivity index (χ4n) is 4.74. The fraction of sp³-hybridized carbons (Fsp3) is 0.708. The Bertz CT molecular complexity index is 872. The van der Waals surface area contributed by atoms with Crippen molar-refractivity contribution in [2.75, 3.05) is 31.5 Å². The van der Waals surface area contributed by atoms with Crippen LogP contribution in [-0.2, 0) is 25.6 Å². The average Bonchev–Trinajstić information content (AvgIpc) is 3.24. The van der Waals surface area contributed by atoms with Crippen molar-refractivity contribution < 1.29 is 19.2 Å². The third-order valence-electron chi connectivity index (χ3n) is 6.57. The monoisotopic (exact) mass is 491 g/mol. The van der Waals surface area contributed by atoms with Crippen molar-refractivity contribution in [3.63, 3.8) is 0 Å². The van der Waals surface area contributed by atoms with E-state index in [9.17, 15) is 19.2 Å². The summed E-state index contributed by atoms with van der Waals surface area (Å²) in [5.74, 6) is -0.423. The van der Waals surface area contributed by atoms with Gasteiger partial charge in [-0.2, -0.15) is 0 Å². The molecule has 0 atom stereocenters. The lowest BCUT2D eigenvalue weighted by Gasteiger charge is -2.30. The number of likely N-dealkylation sites (tertiary alicyclic amines) is 1. The number of rotatable bonds is 9. The summed E-state index contributed by atoms with van der Waals surface area (Å²) in [5, 5.41) is 4.99. The number of aromatic nitrogens is 1. The highest BCUT2D eigenvalue weighted by Gasteiger charge is 2.28. The van der Waals surface area contributed by atoms with Crippen molar-refractivity contribution in [3.05, 3.63) is 11.1 Å². The van der Waals surface area contributed by atoms with Crippen LogP contribution in [0.15, 0.2) is 5.38 Å². The molecule has 4 amide bonds. The van der Waals surface area contributed by atoms with Gasteiger partial charge in [0.15, 0.2) is 5.13 Å². The van der Waals surface area contributed by atoms with Crippen LogP contribution in [0.4, 0.5) is 5.13 Å². The summed E-state index contributed by atoms with van der Waals surface area (Å²) < 4.78 is 0. The summed E-state index contributed by atoms with van der Waals surface area (Å²) in [4.78, 5) is 57.4. The lowest BCUT2D eigenvalue weighted by Crippen LogP contribution is -2.43. The third-order valence-corrected chi connectivity index (χ3v) is 7.37. The Morgan fingerprint density at radius 2 is 1.79 bits per heavy atom. The molecule has 0 unspecified atom stereocenters. The van der Waals surface area contributed by atoms with Crippen LogP contribution < -0.4 is 11.1 Å². The number of piperidine rings is 1. The maximum atomic E-state index is 13.0. The molecule has 188 valence electrons. The molecule has 1 aliphatic carbocycles. The molecule has 2 heterocycles. The van der Waals surface area contributed by atoms with Crippen LogP contribution >= 0.6 is 11.3 Å². The van der Waals surface area contributed by atoms with Crippen molar-refractivity contribution in [1.29, 1.82) is 0 Å². The Morgan fingerprint density at radius 3 is 2.41 bits per heavy atom. The Balaban J connectivity index is 1.50. The number of primary amides is 1. The van der Waals surface area contributed by atoms with E-state index >= 15 is 0 Å². The Morgan fingerprint density at radius 1 is 1.12 bits per heavy atom. The highest BCUT2D eigenvalue weighted by atomic mass is 32.1. The second-order valence-electron chi connectivity index (χ2n) is 9.87. The van der Waals surface area contributed by atoms with E-state index in [1.807, 2.05) is 13.8 Å². The van der Waals surface area contributed by atoms with Crippen molar-refractivity contribution in [2.24, 2.45) is 23.5 Å². The van der Waals surface area contributed by atoms with Gasteiger partial charge in [-0.15, -0.1) is 11.3 Å². The minimum Gasteiger partial charge on any atom is -0.369 e. The van der Waals surface area contributed by atoms with Gasteiger partial charge in [0, 0.05) is 36.9 Å². The first kappa shape index (κ1) is 26.1. The molecule has 3 N–H and O–H groups in total. The molecule has 1 aromatic rings. The van der Waals surface area contributed by atoms with Gasteiger partial charge in [-0.3, -0.25) is 19.2 Å². The number of carbonyl (C=O) groups is 4. The van der Waals surface area contributed by atoms with Crippen LogP contribution in [0.25, 0.3) is 0 Å². The van der Waals surface area contributed by atoms with Crippen molar-refractivity contribution in [3.8, 4) is 0 Å². The molecule has 2 fully saturated rings. The summed E-state index contributed by atoms with van der Waals surface area (Å²) in [6.07, 6.45) is 6.45. The highest BCUT2D eigenvalue weighted by Crippen LogP contribution is 2.26. The molecule has 0 radical (unpaired) electrons. The van der Waals surface area contributed by atoms with E-state index in [2.05, 4.69) is 10.3 Å². The number of nitrogens with two attached hydrogens (primary N) is 1.